The third-order valence-electron chi connectivity index (χ3n) is 4.68. The molecule has 0 spiro atoms. The predicted octanol–water partition coefficient (Wildman–Crippen LogP) is 3.20. The van der Waals surface area contributed by atoms with Gasteiger partial charge < -0.3 is 0 Å². The summed E-state index contributed by atoms with van der Waals surface area (Å²) in [6.07, 6.45) is 1.87. The molecule has 5 nitrogen and oxygen atoms in total. The Morgan fingerprint density at radius 3 is 1.77 bits per heavy atom. The lowest BCUT2D eigenvalue weighted by Gasteiger charge is -2.30. The van der Waals surface area contributed by atoms with E-state index in [-0.39, 0.29) is 18.0 Å². The lowest BCUT2D eigenvalue weighted by atomic mass is 10.1. The zero-order valence-corrected chi connectivity index (χ0v) is 16.7. The second-order valence-corrected chi connectivity index (χ2v) is 11.2. The molecule has 0 atom stereocenters. The van der Waals surface area contributed by atoms with Gasteiger partial charge in [-0.1, -0.05) is 35.9 Å². The zero-order valence-electron chi connectivity index (χ0n) is 14.3. The second kappa shape index (κ2) is 7.31. The van der Waals surface area contributed by atoms with Gasteiger partial charge in [0.25, 0.3) is 0 Å². The minimum absolute atomic E-state index is 0.216. The number of rotatable bonds is 4. The van der Waals surface area contributed by atoms with Crippen LogP contribution < -0.4 is 0 Å². The molecule has 0 bridgehead atoms. The van der Waals surface area contributed by atoms with Crippen LogP contribution in [0.2, 0.25) is 5.02 Å². The third-order valence-corrected chi connectivity index (χ3v) is 8.52. The molecule has 1 saturated heterocycles. The van der Waals surface area contributed by atoms with E-state index in [1.165, 1.54) is 10.6 Å². The van der Waals surface area contributed by atoms with E-state index in [9.17, 15) is 16.8 Å². The predicted molar refractivity (Wildman–Crippen MR) is 104 cm³/mol. The number of piperidine rings is 1. The molecular weight excluding hydrogens is 394 g/mol. The second-order valence-electron chi connectivity index (χ2n) is 6.46. The van der Waals surface area contributed by atoms with Crippen molar-refractivity contribution in [1.82, 2.24) is 4.31 Å². The van der Waals surface area contributed by atoms with Crippen LogP contribution in [0.25, 0.3) is 11.1 Å². The van der Waals surface area contributed by atoms with Crippen molar-refractivity contribution in [2.45, 2.75) is 23.0 Å². The SMILES string of the molecule is CS(=O)(=O)C1CCN(S(=O)(=O)c2ccc(-c3ccc(Cl)cc3)cc2)CC1. The number of sulfonamides is 1. The van der Waals surface area contributed by atoms with Gasteiger partial charge >= 0.3 is 0 Å². The van der Waals surface area contributed by atoms with E-state index >= 15 is 0 Å². The Morgan fingerprint density at radius 1 is 0.846 bits per heavy atom. The molecule has 8 heteroatoms. The fourth-order valence-corrected chi connectivity index (χ4v) is 5.77. The van der Waals surface area contributed by atoms with Gasteiger partial charge in [0.2, 0.25) is 10.0 Å². The van der Waals surface area contributed by atoms with Crippen molar-refractivity contribution in [3.8, 4) is 11.1 Å². The maximum absolute atomic E-state index is 12.8. The van der Waals surface area contributed by atoms with E-state index in [1.807, 2.05) is 12.1 Å². The van der Waals surface area contributed by atoms with E-state index in [0.29, 0.717) is 17.9 Å². The zero-order chi connectivity index (χ0) is 18.9. The third kappa shape index (κ3) is 4.11. The average Bonchev–Trinajstić information content (AvgIpc) is 2.62. The van der Waals surface area contributed by atoms with E-state index in [0.717, 1.165) is 11.1 Å². The maximum atomic E-state index is 12.8. The topological polar surface area (TPSA) is 71.5 Å². The minimum Gasteiger partial charge on any atom is -0.229 e. The first-order valence-electron chi connectivity index (χ1n) is 8.23. The maximum Gasteiger partial charge on any atom is 0.243 e. The van der Waals surface area contributed by atoms with Gasteiger partial charge in [0.15, 0.2) is 0 Å². The highest BCUT2D eigenvalue weighted by molar-refractivity contribution is 7.91. The van der Waals surface area contributed by atoms with E-state index in [1.54, 1.807) is 36.4 Å². The Labute approximate surface area is 159 Å². The minimum atomic E-state index is -3.62. The summed E-state index contributed by atoms with van der Waals surface area (Å²) in [5.74, 6) is 0. The molecule has 0 amide bonds. The molecule has 1 heterocycles. The first-order chi connectivity index (χ1) is 12.2. The van der Waals surface area contributed by atoms with Crippen LogP contribution in [-0.4, -0.2) is 45.7 Å². The van der Waals surface area contributed by atoms with Gasteiger partial charge in [-0.3, -0.25) is 0 Å². The molecule has 1 aliphatic rings. The van der Waals surface area contributed by atoms with Crippen molar-refractivity contribution in [1.29, 1.82) is 0 Å². The summed E-state index contributed by atoms with van der Waals surface area (Å²) in [6, 6.07) is 14.0. The molecule has 140 valence electrons. The molecule has 1 fully saturated rings. The summed E-state index contributed by atoms with van der Waals surface area (Å²) < 4.78 is 50.2. The quantitative estimate of drug-likeness (QED) is 0.771. The normalized spacial score (nSPS) is 17.3. The van der Waals surface area contributed by atoms with E-state index < -0.39 is 25.1 Å². The monoisotopic (exact) mass is 413 g/mol. The summed E-state index contributed by atoms with van der Waals surface area (Å²) >= 11 is 5.89. The van der Waals surface area contributed by atoms with Crippen molar-refractivity contribution in [3.63, 3.8) is 0 Å². The van der Waals surface area contributed by atoms with Gasteiger partial charge in [0.1, 0.15) is 9.84 Å². The van der Waals surface area contributed by atoms with Crippen molar-refractivity contribution in [2.24, 2.45) is 0 Å². The molecule has 0 aliphatic carbocycles. The number of halogens is 1. The van der Waals surface area contributed by atoms with Crippen LogP contribution in [0.15, 0.2) is 53.4 Å². The Kier molecular flexibility index (Phi) is 5.44. The van der Waals surface area contributed by atoms with Crippen molar-refractivity contribution in [3.05, 3.63) is 53.6 Å². The number of hydrogen-bond donors (Lipinski definition) is 0. The van der Waals surface area contributed by atoms with Gasteiger partial charge in [-0.25, -0.2) is 16.8 Å². The first-order valence-corrected chi connectivity index (χ1v) is 12.0. The smallest absolute Gasteiger partial charge is 0.229 e. The fourth-order valence-electron chi connectivity index (χ4n) is 3.11. The number of benzene rings is 2. The number of sulfone groups is 1. The molecule has 0 saturated carbocycles. The van der Waals surface area contributed by atoms with E-state index in [2.05, 4.69) is 0 Å². The molecule has 26 heavy (non-hydrogen) atoms. The molecule has 0 unspecified atom stereocenters. The highest BCUT2D eigenvalue weighted by atomic mass is 35.5. The summed E-state index contributed by atoms with van der Waals surface area (Å²) in [5.41, 5.74) is 1.85. The standard InChI is InChI=1S/C18H20ClNO4S2/c1-25(21,22)17-10-12-20(13-11-17)26(23,24)18-8-4-15(5-9-18)14-2-6-16(19)7-3-14/h2-9,17H,10-13H2,1H3. The van der Waals surface area contributed by atoms with Gasteiger partial charge in [-0.05, 0) is 48.2 Å². The largest absolute Gasteiger partial charge is 0.243 e. The highest BCUT2D eigenvalue weighted by Gasteiger charge is 2.33. The van der Waals surface area contributed by atoms with Crippen LogP contribution in [0.5, 0.6) is 0 Å². The van der Waals surface area contributed by atoms with Crippen LogP contribution in [0.1, 0.15) is 12.8 Å². The van der Waals surface area contributed by atoms with Crippen molar-refractivity contribution >= 4 is 31.5 Å². The number of hydrogen-bond acceptors (Lipinski definition) is 4. The molecule has 1 aliphatic heterocycles. The summed E-state index contributed by atoms with van der Waals surface area (Å²) in [7, 11) is -6.75. The Hall–Kier alpha value is -1.41. The summed E-state index contributed by atoms with van der Waals surface area (Å²) in [4.78, 5) is 0.216. The van der Waals surface area contributed by atoms with Crippen molar-refractivity contribution < 1.29 is 16.8 Å². The molecule has 0 radical (unpaired) electrons. The van der Waals surface area contributed by atoms with Crippen LogP contribution in [-0.2, 0) is 19.9 Å². The van der Waals surface area contributed by atoms with Gasteiger partial charge in [0, 0.05) is 24.4 Å². The Morgan fingerprint density at radius 2 is 1.31 bits per heavy atom. The highest BCUT2D eigenvalue weighted by Crippen LogP contribution is 2.26. The average molecular weight is 414 g/mol. The summed E-state index contributed by atoms with van der Waals surface area (Å²) in [5, 5.41) is 0.187. The fraction of sp³-hybridized carbons (Fsp3) is 0.333. The lowest BCUT2D eigenvalue weighted by molar-refractivity contribution is 0.346. The molecule has 0 N–H and O–H groups in total. The molecular formula is C18H20ClNO4S2. The Bertz CT molecular complexity index is 976. The van der Waals surface area contributed by atoms with Crippen LogP contribution in [0, 0.1) is 0 Å². The molecule has 0 aromatic heterocycles. The summed E-state index contributed by atoms with van der Waals surface area (Å²) in [6.45, 7) is 0.442. The Balaban J connectivity index is 1.77. The van der Waals surface area contributed by atoms with Crippen molar-refractivity contribution in [2.75, 3.05) is 19.3 Å². The lowest BCUT2D eigenvalue weighted by Crippen LogP contribution is -2.42. The van der Waals surface area contributed by atoms with E-state index in [4.69, 9.17) is 11.6 Å². The van der Waals surface area contributed by atoms with Gasteiger partial charge in [-0.2, -0.15) is 4.31 Å². The first kappa shape index (κ1) is 19.4. The van der Waals surface area contributed by atoms with Crippen LogP contribution in [0.3, 0.4) is 0 Å². The van der Waals surface area contributed by atoms with Gasteiger partial charge in [-0.15, -0.1) is 0 Å². The molecule has 2 aromatic rings. The number of nitrogens with zero attached hydrogens (tertiary/aromatic N) is 1. The van der Waals surface area contributed by atoms with Gasteiger partial charge in [0.05, 0.1) is 10.1 Å². The molecule has 2 aromatic carbocycles. The molecule has 3 rings (SSSR count). The van der Waals surface area contributed by atoms with Crippen LogP contribution >= 0.6 is 11.6 Å². The van der Waals surface area contributed by atoms with Crippen LogP contribution in [0.4, 0.5) is 0 Å².